The third kappa shape index (κ3) is 5.24. The second-order valence-electron chi connectivity index (χ2n) is 4.06. The highest BCUT2D eigenvalue weighted by Crippen LogP contribution is 2.27. The molecule has 0 heterocycles. The Labute approximate surface area is 126 Å². The van der Waals surface area contributed by atoms with Crippen molar-refractivity contribution in [2.24, 2.45) is 0 Å². The molecule has 1 aromatic carbocycles. The molecule has 0 aliphatic carbocycles. The van der Waals surface area contributed by atoms with Crippen LogP contribution in [0.15, 0.2) is 18.2 Å². The second kappa shape index (κ2) is 9.19. The highest BCUT2D eigenvalue weighted by Gasteiger charge is 2.24. The van der Waals surface area contributed by atoms with Gasteiger partial charge in [0, 0.05) is 25.0 Å². The number of nitrogens with one attached hydrogen (secondary N) is 1. The molecule has 8 heteroatoms. The fourth-order valence-electron chi connectivity index (χ4n) is 1.66. The van der Waals surface area contributed by atoms with Gasteiger partial charge in [-0.05, 0) is 18.2 Å². The highest BCUT2D eigenvalue weighted by atomic mass is 32.2. The normalized spacial score (nSPS) is 10.2. The van der Waals surface area contributed by atoms with E-state index < -0.39 is 10.8 Å². The van der Waals surface area contributed by atoms with Crippen molar-refractivity contribution in [2.75, 3.05) is 31.8 Å². The third-order valence-corrected chi connectivity index (χ3v) is 3.70. The van der Waals surface area contributed by atoms with E-state index >= 15 is 0 Å². The molecule has 0 saturated heterocycles. The van der Waals surface area contributed by atoms with Gasteiger partial charge in [0.2, 0.25) is 0 Å². The monoisotopic (exact) mass is 314 g/mol. The van der Waals surface area contributed by atoms with E-state index in [1.165, 1.54) is 25.3 Å². The lowest BCUT2D eigenvalue weighted by atomic mass is 10.1. The maximum Gasteiger partial charge on any atom is 0.285 e. The number of ether oxygens (including phenoxy) is 1. The lowest BCUT2D eigenvalue weighted by molar-refractivity contribution is -0.385. The van der Waals surface area contributed by atoms with Crippen LogP contribution in [0.25, 0.3) is 0 Å². The number of hydrogen-bond donors (Lipinski definition) is 2. The SMILES string of the molecule is COc1cccc([N+](=O)[O-])c1C(=O)NCCSCCCO. The average molecular weight is 314 g/mol. The van der Waals surface area contributed by atoms with Gasteiger partial charge >= 0.3 is 0 Å². The minimum atomic E-state index is -0.604. The van der Waals surface area contributed by atoms with Crippen molar-refractivity contribution < 1.29 is 19.6 Å². The lowest BCUT2D eigenvalue weighted by Crippen LogP contribution is -2.27. The zero-order valence-electron chi connectivity index (χ0n) is 11.7. The molecule has 7 nitrogen and oxygen atoms in total. The van der Waals surface area contributed by atoms with Gasteiger partial charge in [-0.2, -0.15) is 11.8 Å². The van der Waals surface area contributed by atoms with Crippen molar-refractivity contribution in [1.82, 2.24) is 5.32 Å². The first-order valence-corrected chi connectivity index (χ1v) is 7.55. The van der Waals surface area contributed by atoms with Crippen molar-refractivity contribution in [3.63, 3.8) is 0 Å². The predicted molar refractivity (Wildman–Crippen MR) is 81.0 cm³/mol. The second-order valence-corrected chi connectivity index (χ2v) is 5.28. The number of carbonyl (C=O) groups is 1. The number of nitro groups is 1. The van der Waals surface area contributed by atoms with E-state index in [0.29, 0.717) is 18.7 Å². The van der Waals surface area contributed by atoms with Gasteiger partial charge in [0.15, 0.2) is 5.56 Å². The number of benzene rings is 1. The van der Waals surface area contributed by atoms with Gasteiger partial charge in [-0.25, -0.2) is 0 Å². The third-order valence-electron chi connectivity index (χ3n) is 2.63. The van der Waals surface area contributed by atoms with Crippen LogP contribution in [0.3, 0.4) is 0 Å². The first-order valence-electron chi connectivity index (χ1n) is 6.40. The lowest BCUT2D eigenvalue weighted by Gasteiger charge is -2.09. The molecular weight excluding hydrogens is 296 g/mol. The van der Waals surface area contributed by atoms with Crippen molar-refractivity contribution in [1.29, 1.82) is 0 Å². The Morgan fingerprint density at radius 1 is 1.48 bits per heavy atom. The molecule has 2 N–H and O–H groups in total. The Balaban J connectivity index is 2.66. The number of thioether (sulfide) groups is 1. The van der Waals surface area contributed by atoms with Crippen LogP contribution in [0, 0.1) is 10.1 Å². The molecule has 1 rings (SSSR count). The Bertz CT molecular complexity index is 495. The van der Waals surface area contributed by atoms with E-state index in [1.54, 1.807) is 11.8 Å². The summed E-state index contributed by atoms with van der Waals surface area (Å²) < 4.78 is 5.02. The molecule has 0 fully saturated rings. The number of nitro benzene ring substituents is 1. The van der Waals surface area contributed by atoms with Crippen LogP contribution in [-0.4, -0.2) is 47.7 Å². The molecule has 0 unspecified atom stereocenters. The Morgan fingerprint density at radius 2 is 2.24 bits per heavy atom. The molecule has 0 aliphatic heterocycles. The van der Waals surface area contributed by atoms with E-state index in [1.807, 2.05) is 0 Å². The number of aliphatic hydroxyl groups excluding tert-OH is 1. The maximum atomic E-state index is 12.1. The zero-order chi connectivity index (χ0) is 15.7. The largest absolute Gasteiger partial charge is 0.496 e. The van der Waals surface area contributed by atoms with Gasteiger partial charge in [0.05, 0.1) is 12.0 Å². The standard InChI is InChI=1S/C13H18N2O5S/c1-20-11-5-2-4-10(15(18)19)12(11)13(17)14-6-9-21-8-3-7-16/h2,4-5,16H,3,6-9H2,1H3,(H,14,17). The number of methoxy groups -OCH3 is 1. The number of aliphatic hydroxyl groups is 1. The topological polar surface area (TPSA) is 102 Å². The molecule has 0 aliphatic rings. The van der Waals surface area contributed by atoms with Crippen molar-refractivity contribution in [3.05, 3.63) is 33.9 Å². The van der Waals surface area contributed by atoms with Crippen molar-refractivity contribution in [3.8, 4) is 5.75 Å². The van der Waals surface area contributed by atoms with Crippen LogP contribution < -0.4 is 10.1 Å². The Morgan fingerprint density at radius 3 is 2.86 bits per heavy atom. The average Bonchev–Trinajstić information content (AvgIpc) is 2.49. The Kier molecular flexibility index (Phi) is 7.55. The fraction of sp³-hybridized carbons (Fsp3) is 0.462. The molecule has 21 heavy (non-hydrogen) atoms. The molecule has 0 radical (unpaired) electrons. The molecule has 0 atom stereocenters. The molecule has 0 bridgehead atoms. The molecule has 1 aromatic rings. The van der Waals surface area contributed by atoms with E-state index in [4.69, 9.17) is 9.84 Å². The summed E-state index contributed by atoms with van der Waals surface area (Å²) in [6.45, 7) is 0.539. The summed E-state index contributed by atoms with van der Waals surface area (Å²) in [5, 5.41) is 22.3. The minimum absolute atomic E-state index is 0.0645. The predicted octanol–water partition coefficient (Wildman–Crippen LogP) is 1.45. The van der Waals surface area contributed by atoms with E-state index in [-0.39, 0.29) is 23.6 Å². The van der Waals surface area contributed by atoms with Crippen LogP contribution >= 0.6 is 11.8 Å². The molecule has 116 valence electrons. The number of rotatable bonds is 9. The minimum Gasteiger partial charge on any atom is -0.496 e. The maximum absolute atomic E-state index is 12.1. The van der Waals surface area contributed by atoms with E-state index in [2.05, 4.69) is 5.32 Å². The van der Waals surface area contributed by atoms with Crippen molar-refractivity contribution >= 4 is 23.4 Å². The summed E-state index contributed by atoms with van der Waals surface area (Å²) in [7, 11) is 1.36. The summed E-state index contributed by atoms with van der Waals surface area (Å²) in [5.74, 6) is 1.13. The van der Waals surface area contributed by atoms with Gasteiger partial charge in [-0.3, -0.25) is 14.9 Å². The smallest absolute Gasteiger partial charge is 0.285 e. The van der Waals surface area contributed by atoms with Gasteiger partial charge in [-0.15, -0.1) is 0 Å². The number of carbonyl (C=O) groups excluding carboxylic acids is 1. The van der Waals surface area contributed by atoms with Crippen molar-refractivity contribution in [2.45, 2.75) is 6.42 Å². The molecule has 0 saturated carbocycles. The summed E-state index contributed by atoms with van der Waals surface area (Å²) in [6.07, 6.45) is 0.705. The summed E-state index contributed by atoms with van der Waals surface area (Å²) in [6, 6.07) is 4.25. The Hall–Kier alpha value is -1.80. The molecule has 1 amide bonds. The fourth-order valence-corrected chi connectivity index (χ4v) is 2.45. The number of nitrogens with zero attached hydrogens (tertiary/aromatic N) is 1. The molecule has 0 spiro atoms. The van der Waals surface area contributed by atoms with Gasteiger partial charge in [0.1, 0.15) is 5.75 Å². The van der Waals surface area contributed by atoms with Gasteiger partial charge in [-0.1, -0.05) is 6.07 Å². The number of hydrogen-bond acceptors (Lipinski definition) is 6. The van der Waals surface area contributed by atoms with Crippen LogP contribution in [0.4, 0.5) is 5.69 Å². The highest BCUT2D eigenvalue weighted by molar-refractivity contribution is 7.99. The van der Waals surface area contributed by atoms with Crippen LogP contribution in [-0.2, 0) is 0 Å². The van der Waals surface area contributed by atoms with Gasteiger partial charge < -0.3 is 15.2 Å². The molecule has 0 aromatic heterocycles. The molecular formula is C13H18N2O5S. The number of amides is 1. The quantitative estimate of drug-likeness (QED) is 0.406. The zero-order valence-corrected chi connectivity index (χ0v) is 12.5. The van der Waals surface area contributed by atoms with Crippen LogP contribution in [0.2, 0.25) is 0 Å². The van der Waals surface area contributed by atoms with E-state index in [0.717, 1.165) is 5.75 Å². The summed E-state index contributed by atoms with van der Waals surface area (Å²) in [5.41, 5.74) is -0.342. The summed E-state index contributed by atoms with van der Waals surface area (Å²) in [4.78, 5) is 22.5. The first-order chi connectivity index (χ1) is 10.1. The van der Waals surface area contributed by atoms with Crippen LogP contribution in [0.5, 0.6) is 5.75 Å². The van der Waals surface area contributed by atoms with Crippen LogP contribution in [0.1, 0.15) is 16.8 Å². The van der Waals surface area contributed by atoms with E-state index in [9.17, 15) is 14.9 Å². The summed E-state index contributed by atoms with van der Waals surface area (Å²) >= 11 is 1.60. The van der Waals surface area contributed by atoms with Gasteiger partial charge in [0.25, 0.3) is 11.6 Å². The first kappa shape index (κ1) is 17.3.